The van der Waals surface area contributed by atoms with Crippen molar-refractivity contribution in [2.24, 2.45) is 11.7 Å². The first-order chi connectivity index (χ1) is 10.6. The SMILES string of the molecule is Cc1sc2ncnc(SCC(=O)N3CCC(CN)C3)c2c1C. The van der Waals surface area contributed by atoms with E-state index in [-0.39, 0.29) is 5.91 Å². The fourth-order valence-electron chi connectivity index (χ4n) is 2.73. The van der Waals surface area contributed by atoms with E-state index in [9.17, 15) is 4.79 Å². The number of aryl methyl sites for hydroxylation is 2. The van der Waals surface area contributed by atoms with Crippen LogP contribution < -0.4 is 5.73 Å². The second-order valence-electron chi connectivity index (χ2n) is 5.66. The number of aromatic nitrogens is 2. The fourth-order valence-corrected chi connectivity index (χ4v) is 4.75. The standard InChI is InChI=1S/C15H20N4OS2/c1-9-10(2)22-15-13(9)14(17-8-18-15)21-7-12(20)19-4-3-11(5-16)6-19/h8,11H,3-7,16H2,1-2H3. The number of thioether (sulfide) groups is 1. The normalized spacial score (nSPS) is 18.3. The number of rotatable bonds is 4. The molecule has 2 aromatic heterocycles. The Kier molecular flexibility index (Phi) is 4.65. The zero-order valence-corrected chi connectivity index (χ0v) is 14.5. The van der Waals surface area contributed by atoms with E-state index in [0.717, 1.165) is 34.8 Å². The molecule has 0 aromatic carbocycles. The molecule has 0 radical (unpaired) electrons. The van der Waals surface area contributed by atoms with E-state index in [2.05, 4.69) is 23.8 Å². The molecule has 118 valence electrons. The van der Waals surface area contributed by atoms with Crippen molar-refractivity contribution in [3.05, 3.63) is 16.8 Å². The average molecular weight is 336 g/mol. The predicted octanol–water partition coefficient (Wildman–Crippen LogP) is 2.21. The molecule has 0 saturated carbocycles. The van der Waals surface area contributed by atoms with Gasteiger partial charge in [-0.2, -0.15) is 0 Å². The van der Waals surface area contributed by atoms with Crippen molar-refractivity contribution in [1.82, 2.24) is 14.9 Å². The number of amides is 1. The molecule has 2 N–H and O–H groups in total. The summed E-state index contributed by atoms with van der Waals surface area (Å²) in [5.74, 6) is 1.07. The van der Waals surface area contributed by atoms with Gasteiger partial charge in [0, 0.05) is 23.4 Å². The molecule has 1 atom stereocenters. The van der Waals surface area contributed by atoms with Crippen LogP contribution in [0.1, 0.15) is 16.9 Å². The molecule has 1 fully saturated rings. The average Bonchev–Trinajstić information content (AvgIpc) is 3.11. The lowest BCUT2D eigenvalue weighted by molar-refractivity contribution is -0.127. The molecule has 1 amide bonds. The van der Waals surface area contributed by atoms with Crippen LogP contribution in [0, 0.1) is 19.8 Å². The summed E-state index contributed by atoms with van der Waals surface area (Å²) in [6.45, 7) is 6.48. The van der Waals surface area contributed by atoms with Crippen LogP contribution in [0.4, 0.5) is 0 Å². The van der Waals surface area contributed by atoms with Crippen LogP contribution in [0.3, 0.4) is 0 Å². The molecule has 7 heteroatoms. The second-order valence-corrected chi connectivity index (χ2v) is 7.83. The molecule has 1 aliphatic rings. The molecule has 1 unspecified atom stereocenters. The monoisotopic (exact) mass is 336 g/mol. The molecule has 3 rings (SSSR count). The smallest absolute Gasteiger partial charge is 0.232 e. The van der Waals surface area contributed by atoms with Crippen molar-refractivity contribution < 1.29 is 4.79 Å². The highest BCUT2D eigenvalue weighted by Crippen LogP contribution is 2.34. The van der Waals surface area contributed by atoms with E-state index in [4.69, 9.17) is 5.73 Å². The van der Waals surface area contributed by atoms with Gasteiger partial charge in [0.05, 0.1) is 5.75 Å². The molecule has 0 bridgehead atoms. The Balaban J connectivity index is 1.70. The highest BCUT2D eigenvalue weighted by Gasteiger charge is 2.25. The van der Waals surface area contributed by atoms with Crippen molar-refractivity contribution in [1.29, 1.82) is 0 Å². The van der Waals surface area contributed by atoms with Gasteiger partial charge >= 0.3 is 0 Å². The maximum atomic E-state index is 12.3. The number of nitrogens with zero attached hydrogens (tertiary/aromatic N) is 3. The Morgan fingerprint density at radius 1 is 1.50 bits per heavy atom. The molecule has 5 nitrogen and oxygen atoms in total. The molecule has 1 saturated heterocycles. The van der Waals surface area contributed by atoms with Crippen LogP contribution in [0.5, 0.6) is 0 Å². The molecule has 3 heterocycles. The summed E-state index contributed by atoms with van der Waals surface area (Å²) >= 11 is 3.20. The molecular formula is C15H20N4OS2. The summed E-state index contributed by atoms with van der Waals surface area (Å²) in [5.41, 5.74) is 6.91. The highest BCUT2D eigenvalue weighted by atomic mass is 32.2. The summed E-state index contributed by atoms with van der Waals surface area (Å²) in [6.07, 6.45) is 2.61. The van der Waals surface area contributed by atoms with E-state index >= 15 is 0 Å². The predicted molar refractivity (Wildman–Crippen MR) is 91.4 cm³/mol. The maximum Gasteiger partial charge on any atom is 0.232 e. The van der Waals surface area contributed by atoms with Crippen LogP contribution in [0.25, 0.3) is 10.2 Å². The van der Waals surface area contributed by atoms with Crippen LogP contribution >= 0.6 is 23.1 Å². The first-order valence-electron chi connectivity index (χ1n) is 7.41. The van der Waals surface area contributed by atoms with Crippen LogP contribution in [-0.2, 0) is 4.79 Å². The number of likely N-dealkylation sites (tertiary alicyclic amines) is 1. The summed E-state index contributed by atoms with van der Waals surface area (Å²) in [7, 11) is 0. The van der Waals surface area contributed by atoms with Crippen molar-refractivity contribution in [2.45, 2.75) is 25.3 Å². The number of nitrogens with two attached hydrogens (primary N) is 1. The van der Waals surface area contributed by atoms with Gasteiger partial charge in [-0.05, 0) is 38.3 Å². The van der Waals surface area contributed by atoms with Gasteiger partial charge in [0.1, 0.15) is 16.2 Å². The highest BCUT2D eigenvalue weighted by molar-refractivity contribution is 8.00. The number of fused-ring (bicyclic) bond motifs is 1. The van der Waals surface area contributed by atoms with Crippen molar-refractivity contribution >= 4 is 39.2 Å². The lowest BCUT2D eigenvalue weighted by atomic mass is 10.1. The summed E-state index contributed by atoms with van der Waals surface area (Å²) in [6, 6.07) is 0. The minimum atomic E-state index is 0.178. The molecule has 2 aromatic rings. The van der Waals surface area contributed by atoms with Gasteiger partial charge in [-0.1, -0.05) is 11.8 Å². The number of thiophene rings is 1. The second kappa shape index (κ2) is 6.52. The van der Waals surface area contributed by atoms with Gasteiger partial charge in [-0.3, -0.25) is 4.79 Å². The Hall–Kier alpha value is -1.18. The zero-order chi connectivity index (χ0) is 15.7. The molecule has 0 spiro atoms. The van der Waals surface area contributed by atoms with Gasteiger partial charge < -0.3 is 10.6 Å². The van der Waals surface area contributed by atoms with E-state index < -0.39 is 0 Å². The maximum absolute atomic E-state index is 12.3. The summed E-state index contributed by atoms with van der Waals surface area (Å²) in [4.78, 5) is 25.2. The van der Waals surface area contributed by atoms with Gasteiger partial charge in [-0.25, -0.2) is 9.97 Å². The first-order valence-corrected chi connectivity index (χ1v) is 9.21. The molecular weight excluding hydrogens is 316 g/mol. The summed E-state index contributed by atoms with van der Waals surface area (Å²) in [5, 5.41) is 2.01. The summed E-state index contributed by atoms with van der Waals surface area (Å²) < 4.78 is 0. The third-order valence-electron chi connectivity index (χ3n) is 4.23. The minimum absolute atomic E-state index is 0.178. The van der Waals surface area contributed by atoms with Gasteiger partial charge in [0.15, 0.2) is 0 Å². The van der Waals surface area contributed by atoms with Gasteiger partial charge in [-0.15, -0.1) is 11.3 Å². The third-order valence-corrected chi connectivity index (χ3v) is 6.32. The van der Waals surface area contributed by atoms with Gasteiger partial charge in [0.2, 0.25) is 5.91 Å². The topological polar surface area (TPSA) is 72.1 Å². The minimum Gasteiger partial charge on any atom is -0.342 e. The Morgan fingerprint density at radius 3 is 3.05 bits per heavy atom. The van der Waals surface area contributed by atoms with Crippen LogP contribution in [0.15, 0.2) is 11.4 Å². The third kappa shape index (κ3) is 2.98. The van der Waals surface area contributed by atoms with E-state index in [1.165, 1.54) is 22.2 Å². The number of hydrogen-bond acceptors (Lipinski definition) is 6. The Morgan fingerprint density at radius 2 is 2.32 bits per heavy atom. The van der Waals surface area contributed by atoms with Crippen molar-refractivity contribution in [3.63, 3.8) is 0 Å². The Bertz CT molecular complexity index is 700. The number of hydrogen-bond donors (Lipinski definition) is 1. The van der Waals surface area contributed by atoms with E-state index in [1.54, 1.807) is 17.7 Å². The fraction of sp³-hybridized carbons (Fsp3) is 0.533. The zero-order valence-electron chi connectivity index (χ0n) is 12.8. The van der Waals surface area contributed by atoms with Crippen LogP contribution in [0.2, 0.25) is 0 Å². The largest absolute Gasteiger partial charge is 0.342 e. The number of carbonyl (C=O) groups excluding carboxylic acids is 1. The lowest BCUT2D eigenvalue weighted by Crippen LogP contribution is -2.31. The molecule has 1 aliphatic heterocycles. The van der Waals surface area contributed by atoms with Crippen LogP contribution in [-0.4, -0.2) is 46.2 Å². The van der Waals surface area contributed by atoms with E-state index in [1.807, 2.05) is 4.90 Å². The number of carbonyl (C=O) groups is 1. The molecule has 0 aliphatic carbocycles. The lowest BCUT2D eigenvalue weighted by Gasteiger charge is -2.15. The van der Waals surface area contributed by atoms with Gasteiger partial charge in [0.25, 0.3) is 0 Å². The van der Waals surface area contributed by atoms with Crippen molar-refractivity contribution in [2.75, 3.05) is 25.4 Å². The quantitative estimate of drug-likeness (QED) is 0.684. The van der Waals surface area contributed by atoms with Crippen molar-refractivity contribution in [3.8, 4) is 0 Å². The molecule has 22 heavy (non-hydrogen) atoms. The first kappa shape index (κ1) is 15.7. The Labute approximate surface area is 138 Å². The van der Waals surface area contributed by atoms with E-state index in [0.29, 0.717) is 18.2 Å².